The summed E-state index contributed by atoms with van der Waals surface area (Å²) >= 11 is 3.41. The number of hydrogen-bond donors (Lipinski definition) is 2. The molecule has 2 aromatic rings. The molecule has 1 aliphatic rings. The highest BCUT2D eigenvalue weighted by Gasteiger charge is 2.34. The zero-order valence-electron chi connectivity index (χ0n) is 14.1. The molecule has 0 bridgehead atoms. The van der Waals surface area contributed by atoms with E-state index >= 15 is 0 Å². The van der Waals surface area contributed by atoms with Gasteiger partial charge in [0, 0.05) is 22.2 Å². The molecule has 1 atom stereocenters. The molecule has 24 heavy (non-hydrogen) atoms. The van der Waals surface area contributed by atoms with Gasteiger partial charge in [-0.15, -0.1) is 0 Å². The van der Waals surface area contributed by atoms with Gasteiger partial charge in [0.05, 0.1) is 11.4 Å². The third-order valence-corrected chi connectivity index (χ3v) is 4.74. The minimum atomic E-state index is -0.267. The van der Waals surface area contributed by atoms with Crippen molar-refractivity contribution in [2.45, 2.75) is 32.4 Å². The first kappa shape index (κ1) is 16.8. The third kappa shape index (κ3) is 3.56. The first-order valence-electron chi connectivity index (χ1n) is 8.06. The standard InChI is InChI=1S/C19H22BrN3O/c1-13(18(24)21-15-10-8-14(20)9-11-15)23-12-19(2,3)22-16-6-4-5-7-17(16)23/h4-11,13,22H,12H2,1-3H3,(H,21,24). The van der Waals surface area contributed by atoms with Gasteiger partial charge in [0.2, 0.25) is 5.91 Å². The van der Waals surface area contributed by atoms with Crippen LogP contribution in [0.2, 0.25) is 0 Å². The van der Waals surface area contributed by atoms with Gasteiger partial charge in [-0.2, -0.15) is 0 Å². The molecule has 126 valence electrons. The van der Waals surface area contributed by atoms with Crippen LogP contribution >= 0.6 is 15.9 Å². The van der Waals surface area contributed by atoms with Crippen molar-refractivity contribution >= 4 is 38.9 Å². The maximum Gasteiger partial charge on any atom is 0.246 e. The number of anilines is 3. The molecule has 0 saturated heterocycles. The van der Waals surface area contributed by atoms with Crippen molar-refractivity contribution in [3.8, 4) is 0 Å². The van der Waals surface area contributed by atoms with E-state index in [1.54, 1.807) is 0 Å². The molecule has 1 aliphatic heterocycles. The predicted molar refractivity (Wildman–Crippen MR) is 104 cm³/mol. The van der Waals surface area contributed by atoms with Crippen LogP contribution in [0.15, 0.2) is 53.0 Å². The van der Waals surface area contributed by atoms with E-state index in [4.69, 9.17) is 0 Å². The van der Waals surface area contributed by atoms with Crippen LogP contribution in [-0.4, -0.2) is 24.0 Å². The number of fused-ring (bicyclic) bond motifs is 1. The molecule has 2 aromatic carbocycles. The van der Waals surface area contributed by atoms with Gasteiger partial charge in [0.15, 0.2) is 0 Å². The minimum absolute atomic E-state index is 0.00942. The number of carbonyl (C=O) groups excluding carboxylic acids is 1. The Kier molecular flexibility index (Phi) is 4.54. The van der Waals surface area contributed by atoms with Gasteiger partial charge < -0.3 is 15.5 Å². The smallest absolute Gasteiger partial charge is 0.246 e. The number of nitrogens with zero attached hydrogens (tertiary/aromatic N) is 1. The molecule has 0 radical (unpaired) electrons. The van der Waals surface area contributed by atoms with Crippen molar-refractivity contribution in [3.63, 3.8) is 0 Å². The van der Waals surface area contributed by atoms with Gasteiger partial charge in [-0.05, 0) is 57.2 Å². The maximum absolute atomic E-state index is 12.7. The van der Waals surface area contributed by atoms with Crippen molar-refractivity contribution in [1.29, 1.82) is 0 Å². The average molecular weight is 388 g/mol. The van der Waals surface area contributed by atoms with Crippen LogP contribution in [0.4, 0.5) is 17.1 Å². The zero-order valence-corrected chi connectivity index (χ0v) is 15.7. The molecule has 5 heteroatoms. The lowest BCUT2D eigenvalue weighted by molar-refractivity contribution is -0.117. The Balaban J connectivity index is 1.82. The number of halogens is 1. The topological polar surface area (TPSA) is 44.4 Å². The summed E-state index contributed by atoms with van der Waals surface area (Å²) in [5.41, 5.74) is 2.84. The summed E-state index contributed by atoms with van der Waals surface area (Å²) in [6, 6.07) is 15.5. The van der Waals surface area contributed by atoms with Crippen LogP contribution in [0, 0.1) is 0 Å². The lowest BCUT2D eigenvalue weighted by Crippen LogP contribution is -2.54. The van der Waals surface area contributed by atoms with Crippen LogP contribution < -0.4 is 15.5 Å². The molecule has 3 rings (SSSR count). The van der Waals surface area contributed by atoms with Gasteiger partial charge >= 0.3 is 0 Å². The number of carbonyl (C=O) groups is 1. The van der Waals surface area contributed by atoms with Gasteiger partial charge in [-0.25, -0.2) is 0 Å². The monoisotopic (exact) mass is 387 g/mol. The van der Waals surface area contributed by atoms with E-state index in [1.807, 2.05) is 43.3 Å². The Morgan fingerprint density at radius 1 is 1.21 bits per heavy atom. The molecule has 2 N–H and O–H groups in total. The summed E-state index contributed by atoms with van der Waals surface area (Å²) < 4.78 is 0.992. The summed E-state index contributed by atoms with van der Waals surface area (Å²) in [5, 5.41) is 6.54. The second-order valence-electron chi connectivity index (χ2n) is 6.83. The quantitative estimate of drug-likeness (QED) is 0.815. The number of amides is 1. The summed E-state index contributed by atoms with van der Waals surface area (Å²) in [4.78, 5) is 14.9. The van der Waals surface area contributed by atoms with Crippen molar-refractivity contribution < 1.29 is 4.79 Å². The van der Waals surface area contributed by atoms with Gasteiger partial charge in [-0.1, -0.05) is 28.1 Å². The molecule has 0 aromatic heterocycles. The minimum Gasteiger partial charge on any atom is -0.377 e. The van der Waals surface area contributed by atoms with E-state index in [-0.39, 0.29) is 17.5 Å². The van der Waals surface area contributed by atoms with Crippen LogP contribution in [0.5, 0.6) is 0 Å². The second kappa shape index (κ2) is 6.48. The third-order valence-electron chi connectivity index (χ3n) is 4.21. The molecule has 4 nitrogen and oxygen atoms in total. The molecule has 1 heterocycles. The Bertz CT molecular complexity index is 743. The first-order chi connectivity index (χ1) is 11.4. The van der Waals surface area contributed by atoms with Crippen molar-refractivity contribution in [2.24, 2.45) is 0 Å². The highest BCUT2D eigenvalue weighted by molar-refractivity contribution is 9.10. The van der Waals surface area contributed by atoms with Crippen LogP contribution in [-0.2, 0) is 4.79 Å². The highest BCUT2D eigenvalue weighted by atomic mass is 79.9. The first-order valence-corrected chi connectivity index (χ1v) is 8.85. The van der Waals surface area contributed by atoms with E-state index in [0.717, 1.165) is 28.1 Å². The number of hydrogen-bond acceptors (Lipinski definition) is 3. The zero-order chi connectivity index (χ0) is 17.3. The van der Waals surface area contributed by atoms with E-state index in [9.17, 15) is 4.79 Å². The Morgan fingerprint density at radius 2 is 1.88 bits per heavy atom. The highest BCUT2D eigenvalue weighted by Crippen LogP contribution is 2.35. The van der Waals surface area contributed by atoms with Crippen molar-refractivity contribution in [1.82, 2.24) is 0 Å². The summed E-state index contributed by atoms with van der Waals surface area (Å²) in [5.74, 6) is -0.00942. The lowest BCUT2D eigenvalue weighted by Gasteiger charge is -2.44. The molecular formula is C19H22BrN3O. The molecule has 0 spiro atoms. The number of para-hydroxylation sites is 2. The van der Waals surface area contributed by atoms with E-state index in [1.165, 1.54) is 0 Å². The summed E-state index contributed by atoms with van der Waals surface area (Å²) in [7, 11) is 0. The van der Waals surface area contributed by atoms with E-state index < -0.39 is 0 Å². The second-order valence-corrected chi connectivity index (χ2v) is 7.74. The fourth-order valence-corrected chi connectivity index (χ4v) is 3.28. The lowest BCUT2D eigenvalue weighted by atomic mass is 9.97. The number of rotatable bonds is 3. The van der Waals surface area contributed by atoms with Crippen molar-refractivity contribution in [2.75, 3.05) is 22.1 Å². The van der Waals surface area contributed by atoms with Gasteiger partial charge in [-0.3, -0.25) is 4.79 Å². The van der Waals surface area contributed by atoms with E-state index in [2.05, 4.69) is 57.4 Å². The fourth-order valence-electron chi connectivity index (χ4n) is 3.01. The van der Waals surface area contributed by atoms with Crippen LogP contribution in [0.25, 0.3) is 0 Å². The van der Waals surface area contributed by atoms with Crippen LogP contribution in [0.3, 0.4) is 0 Å². The Labute approximate surface area is 151 Å². The number of nitrogens with one attached hydrogen (secondary N) is 2. The molecule has 1 amide bonds. The van der Waals surface area contributed by atoms with E-state index in [0.29, 0.717) is 0 Å². The number of benzene rings is 2. The predicted octanol–water partition coefficient (Wildman–Crippen LogP) is 4.49. The fraction of sp³-hybridized carbons (Fsp3) is 0.316. The molecule has 0 saturated carbocycles. The van der Waals surface area contributed by atoms with Crippen molar-refractivity contribution in [3.05, 3.63) is 53.0 Å². The molecular weight excluding hydrogens is 366 g/mol. The molecule has 0 fully saturated rings. The van der Waals surface area contributed by atoms with Gasteiger partial charge in [0.1, 0.15) is 6.04 Å². The van der Waals surface area contributed by atoms with Crippen LogP contribution in [0.1, 0.15) is 20.8 Å². The average Bonchev–Trinajstić information content (AvgIpc) is 2.54. The SMILES string of the molecule is CC(C(=O)Nc1ccc(Br)cc1)N1CC(C)(C)Nc2ccccc21. The largest absolute Gasteiger partial charge is 0.377 e. The Hall–Kier alpha value is -2.01. The summed E-state index contributed by atoms with van der Waals surface area (Å²) in [6.07, 6.45) is 0. The molecule has 0 aliphatic carbocycles. The van der Waals surface area contributed by atoms with Gasteiger partial charge in [0.25, 0.3) is 0 Å². The molecule has 1 unspecified atom stereocenters. The Morgan fingerprint density at radius 3 is 2.58 bits per heavy atom. The maximum atomic E-state index is 12.7. The normalized spacial score (nSPS) is 16.8. The summed E-state index contributed by atoms with van der Waals surface area (Å²) in [6.45, 7) is 7.01.